The second kappa shape index (κ2) is 3.94. The summed E-state index contributed by atoms with van der Waals surface area (Å²) in [7, 11) is 0. The third-order valence-electron chi connectivity index (χ3n) is 1.82. The zero-order chi connectivity index (χ0) is 7.40. The zero-order valence-corrected chi connectivity index (χ0v) is 6.72. The summed E-state index contributed by atoms with van der Waals surface area (Å²) in [5.74, 6) is 0.506. The van der Waals surface area contributed by atoms with E-state index in [-0.39, 0.29) is 0 Å². The van der Waals surface area contributed by atoms with E-state index in [1.165, 1.54) is 25.7 Å². The molecular weight excluding hydrogens is 128 g/mol. The summed E-state index contributed by atoms with van der Waals surface area (Å²) in [5.41, 5.74) is 0. The summed E-state index contributed by atoms with van der Waals surface area (Å²) in [6.45, 7) is 4.35. The SMILES string of the molecule is CCCCCC(C)[C]1OO1. The number of hydrogen-bond acceptors (Lipinski definition) is 2. The van der Waals surface area contributed by atoms with Crippen molar-refractivity contribution in [3.63, 3.8) is 0 Å². The van der Waals surface area contributed by atoms with E-state index in [0.717, 1.165) is 6.29 Å². The fourth-order valence-corrected chi connectivity index (χ4v) is 1.01. The molecule has 1 aliphatic rings. The van der Waals surface area contributed by atoms with E-state index >= 15 is 0 Å². The molecule has 1 heterocycles. The predicted molar refractivity (Wildman–Crippen MR) is 38.7 cm³/mol. The van der Waals surface area contributed by atoms with Crippen molar-refractivity contribution in [3.8, 4) is 0 Å². The Morgan fingerprint density at radius 3 is 2.50 bits per heavy atom. The number of unbranched alkanes of at least 4 members (excludes halogenated alkanes) is 2. The van der Waals surface area contributed by atoms with Crippen LogP contribution in [0.3, 0.4) is 0 Å². The van der Waals surface area contributed by atoms with Crippen molar-refractivity contribution in [2.75, 3.05) is 0 Å². The minimum Gasteiger partial charge on any atom is -0.188 e. The van der Waals surface area contributed by atoms with Gasteiger partial charge in [-0.05, 0) is 6.42 Å². The van der Waals surface area contributed by atoms with Crippen molar-refractivity contribution < 1.29 is 9.78 Å². The van der Waals surface area contributed by atoms with Gasteiger partial charge in [-0.2, -0.15) is 9.78 Å². The second-order valence-corrected chi connectivity index (χ2v) is 2.88. The molecule has 0 aromatic rings. The van der Waals surface area contributed by atoms with Gasteiger partial charge < -0.3 is 0 Å². The molecule has 0 spiro atoms. The highest BCUT2D eigenvalue weighted by molar-refractivity contribution is 4.77. The highest BCUT2D eigenvalue weighted by Crippen LogP contribution is 2.33. The monoisotopic (exact) mass is 143 g/mol. The maximum absolute atomic E-state index is 4.62. The van der Waals surface area contributed by atoms with Gasteiger partial charge in [0.15, 0.2) is 0 Å². The fourth-order valence-electron chi connectivity index (χ4n) is 1.01. The van der Waals surface area contributed by atoms with E-state index in [4.69, 9.17) is 0 Å². The predicted octanol–water partition coefficient (Wildman–Crippen LogP) is 2.65. The molecule has 0 bridgehead atoms. The second-order valence-electron chi connectivity index (χ2n) is 2.88. The van der Waals surface area contributed by atoms with Crippen LogP contribution in [-0.4, -0.2) is 0 Å². The van der Waals surface area contributed by atoms with Gasteiger partial charge in [0, 0.05) is 5.92 Å². The Hall–Kier alpha value is -0.0800. The van der Waals surface area contributed by atoms with Crippen LogP contribution in [0.5, 0.6) is 0 Å². The Labute approximate surface area is 62.4 Å². The van der Waals surface area contributed by atoms with Crippen LogP contribution in [0.15, 0.2) is 0 Å². The summed E-state index contributed by atoms with van der Waals surface area (Å²) in [5, 5.41) is 0. The molecule has 2 nitrogen and oxygen atoms in total. The van der Waals surface area contributed by atoms with E-state index in [1.54, 1.807) is 0 Å². The van der Waals surface area contributed by atoms with Gasteiger partial charge in [0.1, 0.15) is 0 Å². The van der Waals surface area contributed by atoms with Crippen LogP contribution in [0.25, 0.3) is 0 Å². The molecule has 0 saturated carbocycles. The third-order valence-corrected chi connectivity index (χ3v) is 1.82. The topological polar surface area (TPSA) is 25.1 Å². The molecule has 1 atom stereocenters. The van der Waals surface area contributed by atoms with E-state index in [0.29, 0.717) is 5.92 Å². The van der Waals surface area contributed by atoms with Crippen molar-refractivity contribution in [1.29, 1.82) is 0 Å². The lowest BCUT2D eigenvalue weighted by molar-refractivity contribution is 0.0850. The van der Waals surface area contributed by atoms with E-state index in [1.807, 2.05) is 0 Å². The van der Waals surface area contributed by atoms with Crippen molar-refractivity contribution in [1.82, 2.24) is 0 Å². The highest BCUT2D eigenvalue weighted by Gasteiger charge is 2.34. The molecule has 0 aliphatic carbocycles. The lowest BCUT2D eigenvalue weighted by atomic mass is 10.0. The fraction of sp³-hybridized carbons (Fsp3) is 0.875. The Kier molecular flexibility index (Phi) is 3.16. The molecule has 1 aliphatic heterocycles. The summed E-state index contributed by atoms with van der Waals surface area (Å²) in [6, 6.07) is 0. The van der Waals surface area contributed by atoms with Crippen LogP contribution in [0.2, 0.25) is 0 Å². The van der Waals surface area contributed by atoms with Gasteiger partial charge in [-0.3, -0.25) is 0 Å². The van der Waals surface area contributed by atoms with Crippen LogP contribution in [0.1, 0.15) is 39.5 Å². The Balaban J connectivity index is 1.90. The highest BCUT2D eigenvalue weighted by atomic mass is 17.4. The molecule has 1 rings (SSSR count). The first-order chi connectivity index (χ1) is 4.84. The third kappa shape index (κ3) is 2.67. The molecule has 0 aromatic heterocycles. The zero-order valence-electron chi connectivity index (χ0n) is 6.72. The van der Waals surface area contributed by atoms with Gasteiger partial charge in [0.2, 0.25) is 0 Å². The van der Waals surface area contributed by atoms with E-state index < -0.39 is 0 Å². The van der Waals surface area contributed by atoms with Gasteiger partial charge in [0.05, 0.1) is 0 Å². The Bertz CT molecular complexity index is 89.3. The number of rotatable bonds is 5. The van der Waals surface area contributed by atoms with Gasteiger partial charge in [-0.15, -0.1) is 0 Å². The quantitative estimate of drug-likeness (QED) is 0.336. The van der Waals surface area contributed by atoms with E-state index in [9.17, 15) is 0 Å². The van der Waals surface area contributed by atoms with Crippen LogP contribution in [-0.2, 0) is 9.78 Å². The summed E-state index contributed by atoms with van der Waals surface area (Å²) in [6.07, 6.45) is 5.91. The smallest absolute Gasteiger partial charge is 0.188 e. The molecular formula is C8H15O2. The maximum Gasteiger partial charge on any atom is 0.295 e. The normalized spacial score (nSPS) is 21.0. The molecule has 59 valence electrons. The lowest BCUT2D eigenvalue weighted by Crippen LogP contribution is -1.95. The van der Waals surface area contributed by atoms with Gasteiger partial charge in [-0.1, -0.05) is 33.1 Å². The lowest BCUT2D eigenvalue weighted by Gasteiger charge is -2.01. The Morgan fingerprint density at radius 2 is 2.00 bits per heavy atom. The molecule has 1 radical (unpaired) electrons. The van der Waals surface area contributed by atoms with Crippen LogP contribution in [0.4, 0.5) is 0 Å². The summed E-state index contributed by atoms with van der Waals surface area (Å²) >= 11 is 0. The molecule has 0 amide bonds. The van der Waals surface area contributed by atoms with E-state index in [2.05, 4.69) is 23.6 Å². The minimum atomic E-state index is 0.506. The largest absolute Gasteiger partial charge is 0.295 e. The molecule has 0 aromatic carbocycles. The van der Waals surface area contributed by atoms with Crippen LogP contribution >= 0.6 is 0 Å². The first-order valence-corrected chi connectivity index (χ1v) is 4.06. The van der Waals surface area contributed by atoms with Crippen LogP contribution < -0.4 is 0 Å². The van der Waals surface area contributed by atoms with Gasteiger partial charge >= 0.3 is 0 Å². The first kappa shape index (κ1) is 8.02. The molecule has 2 heteroatoms. The average Bonchev–Trinajstić information content (AvgIpc) is 2.69. The molecule has 10 heavy (non-hydrogen) atoms. The summed E-state index contributed by atoms with van der Waals surface area (Å²) in [4.78, 5) is 9.24. The molecule has 0 N–H and O–H groups in total. The van der Waals surface area contributed by atoms with Crippen molar-refractivity contribution in [2.45, 2.75) is 39.5 Å². The van der Waals surface area contributed by atoms with Gasteiger partial charge in [-0.25, -0.2) is 0 Å². The number of hydrogen-bond donors (Lipinski definition) is 0. The van der Waals surface area contributed by atoms with Crippen molar-refractivity contribution >= 4 is 0 Å². The van der Waals surface area contributed by atoms with Crippen molar-refractivity contribution in [3.05, 3.63) is 6.29 Å². The Morgan fingerprint density at radius 1 is 1.30 bits per heavy atom. The molecule has 1 saturated heterocycles. The van der Waals surface area contributed by atoms with Gasteiger partial charge in [0.25, 0.3) is 6.29 Å². The molecule has 1 fully saturated rings. The van der Waals surface area contributed by atoms with Crippen LogP contribution in [0, 0.1) is 12.2 Å². The first-order valence-electron chi connectivity index (χ1n) is 4.06. The minimum absolute atomic E-state index is 0.506. The van der Waals surface area contributed by atoms with Crippen molar-refractivity contribution in [2.24, 2.45) is 5.92 Å². The average molecular weight is 143 g/mol. The molecule has 1 unspecified atom stereocenters. The summed E-state index contributed by atoms with van der Waals surface area (Å²) < 4.78 is 0. The maximum atomic E-state index is 4.62. The standard InChI is InChI=1S/C8H15O2/c1-3-4-5-6-7(2)8-9-10-8/h7H,3-6H2,1-2H3.